The van der Waals surface area contributed by atoms with Crippen LogP contribution in [0.3, 0.4) is 0 Å². The van der Waals surface area contributed by atoms with Gasteiger partial charge in [-0.1, -0.05) is 0 Å². The highest BCUT2D eigenvalue weighted by atomic mass is 16.4. The number of carboxylic acid groups (broad SMARTS) is 1. The Morgan fingerprint density at radius 2 is 2.50 bits per heavy atom. The lowest BCUT2D eigenvalue weighted by molar-refractivity contribution is 0.191. The van der Waals surface area contributed by atoms with Gasteiger partial charge in [-0.3, -0.25) is 4.98 Å². The minimum absolute atomic E-state index is 0.113. The standard InChI is InChI=1S/C13H13N5O2/c14-6-9-11-10(2-1-4-15-11)17-12(9)18-5-3-8(7-18)16-13(19)20/h1-2,4,8,16-17H,3,5,7H2,(H,19,20)/t8-/m0/s1. The van der Waals surface area contributed by atoms with Crippen molar-refractivity contribution in [2.45, 2.75) is 12.5 Å². The molecule has 7 heteroatoms. The monoisotopic (exact) mass is 271 g/mol. The summed E-state index contributed by atoms with van der Waals surface area (Å²) in [6.45, 7) is 1.25. The van der Waals surface area contributed by atoms with Crippen molar-refractivity contribution in [1.82, 2.24) is 15.3 Å². The molecule has 3 heterocycles. The van der Waals surface area contributed by atoms with Crippen LogP contribution in [0.1, 0.15) is 12.0 Å². The van der Waals surface area contributed by atoms with E-state index >= 15 is 0 Å². The molecule has 0 unspecified atom stereocenters. The summed E-state index contributed by atoms with van der Waals surface area (Å²) in [4.78, 5) is 20.1. The lowest BCUT2D eigenvalue weighted by Crippen LogP contribution is -2.36. The first kappa shape index (κ1) is 12.3. The van der Waals surface area contributed by atoms with E-state index < -0.39 is 6.09 Å². The molecule has 2 aromatic heterocycles. The summed E-state index contributed by atoms with van der Waals surface area (Å²) >= 11 is 0. The Morgan fingerprint density at radius 3 is 3.25 bits per heavy atom. The van der Waals surface area contributed by atoms with Gasteiger partial charge in [0.25, 0.3) is 0 Å². The maximum atomic E-state index is 10.7. The summed E-state index contributed by atoms with van der Waals surface area (Å²) in [7, 11) is 0. The number of H-pyrrole nitrogens is 1. The van der Waals surface area contributed by atoms with Gasteiger partial charge < -0.3 is 20.3 Å². The number of nitrogens with one attached hydrogen (secondary N) is 2. The van der Waals surface area contributed by atoms with E-state index in [9.17, 15) is 10.1 Å². The Morgan fingerprint density at radius 1 is 1.65 bits per heavy atom. The second kappa shape index (κ2) is 4.74. The zero-order valence-corrected chi connectivity index (χ0v) is 10.6. The third-order valence-electron chi connectivity index (χ3n) is 3.48. The second-order valence-electron chi connectivity index (χ2n) is 4.74. The number of rotatable bonds is 2. The van der Waals surface area contributed by atoms with Crippen LogP contribution in [0.25, 0.3) is 11.0 Å². The maximum Gasteiger partial charge on any atom is 0.404 e. The van der Waals surface area contributed by atoms with Gasteiger partial charge in [-0.05, 0) is 18.6 Å². The molecule has 1 amide bonds. The van der Waals surface area contributed by atoms with Crippen molar-refractivity contribution in [1.29, 1.82) is 5.26 Å². The molecule has 1 fully saturated rings. The molecule has 1 aliphatic rings. The van der Waals surface area contributed by atoms with Gasteiger partial charge in [-0.15, -0.1) is 0 Å². The fourth-order valence-corrected chi connectivity index (χ4v) is 2.61. The number of aromatic amines is 1. The molecule has 0 bridgehead atoms. The van der Waals surface area contributed by atoms with Gasteiger partial charge in [0.1, 0.15) is 23.0 Å². The number of fused-ring (bicyclic) bond motifs is 1. The molecule has 2 aromatic rings. The third kappa shape index (κ3) is 2.01. The predicted octanol–water partition coefficient (Wildman–Crippen LogP) is 1.28. The zero-order valence-electron chi connectivity index (χ0n) is 10.6. The number of amides is 1. The molecule has 0 radical (unpaired) electrons. The largest absolute Gasteiger partial charge is 0.465 e. The molecule has 3 N–H and O–H groups in total. The molecule has 0 aliphatic carbocycles. The summed E-state index contributed by atoms with van der Waals surface area (Å²) in [5.41, 5.74) is 1.98. The van der Waals surface area contributed by atoms with E-state index in [2.05, 4.69) is 21.4 Å². The van der Waals surface area contributed by atoms with Crippen LogP contribution in [0.2, 0.25) is 0 Å². The fraction of sp³-hybridized carbons (Fsp3) is 0.308. The van der Waals surface area contributed by atoms with Crippen LogP contribution in [0, 0.1) is 11.3 Å². The third-order valence-corrected chi connectivity index (χ3v) is 3.48. The van der Waals surface area contributed by atoms with Crippen LogP contribution in [-0.4, -0.2) is 40.3 Å². The molecule has 102 valence electrons. The molecule has 1 atom stereocenters. The Balaban J connectivity index is 1.92. The van der Waals surface area contributed by atoms with Crippen LogP contribution in [0.15, 0.2) is 18.3 Å². The van der Waals surface area contributed by atoms with E-state index in [0.29, 0.717) is 24.2 Å². The van der Waals surface area contributed by atoms with Crippen molar-refractivity contribution in [3.8, 4) is 6.07 Å². The Kier molecular flexibility index (Phi) is 2.91. The van der Waals surface area contributed by atoms with Crippen molar-refractivity contribution in [3.63, 3.8) is 0 Å². The first-order chi connectivity index (χ1) is 9.69. The van der Waals surface area contributed by atoms with Crippen molar-refractivity contribution in [3.05, 3.63) is 23.9 Å². The number of aromatic nitrogens is 2. The molecule has 7 nitrogen and oxygen atoms in total. The molecular weight excluding hydrogens is 258 g/mol. The average Bonchev–Trinajstić information content (AvgIpc) is 3.01. The normalized spacial score (nSPS) is 18.1. The topological polar surface area (TPSA) is 105 Å². The summed E-state index contributed by atoms with van der Waals surface area (Å²) < 4.78 is 0. The number of nitriles is 1. The number of nitrogens with zero attached hydrogens (tertiary/aromatic N) is 3. The molecule has 0 saturated carbocycles. The van der Waals surface area contributed by atoms with E-state index in [-0.39, 0.29) is 6.04 Å². The SMILES string of the molecule is N#Cc1c(N2CC[C@H](NC(=O)O)C2)[nH]c2cccnc12. The molecule has 0 aromatic carbocycles. The minimum atomic E-state index is -1.02. The predicted molar refractivity (Wildman–Crippen MR) is 72.6 cm³/mol. The van der Waals surface area contributed by atoms with Crippen molar-refractivity contribution in [2.24, 2.45) is 0 Å². The average molecular weight is 271 g/mol. The highest BCUT2D eigenvalue weighted by Gasteiger charge is 2.27. The maximum absolute atomic E-state index is 10.7. The first-order valence-corrected chi connectivity index (χ1v) is 6.30. The van der Waals surface area contributed by atoms with Crippen LogP contribution in [-0.2, 0) is 0 Å². The van der Waals surface area contributed by atoms with Gasteiger partial charge in [0.15, 0.2) is 0 Å². The number of pyridine rings is 1. The van der Waals surface area contributed by atoms with Crippen LogP contribution in [0.5, 0.6) is 0 Å². The number of hydrogen-bond donors (Lipinski definition) is 3. The van der Waals surface area contributed by atoms with E-state index in [1.807, 2.05) is 17.0 Å². The summed E-state index contributed by atoms with van der Waals surface area (Å²) in [5.74, 6) is 0.718. The number of anilines is 1. The van der Waals surface area contributed by atoms with E-state index in [1.54, 1.807) is 6.20 Å². The van der Waals surface area contributed by atoms with Crippen LogP contribution >= 0.6 is 0 Å². The lowest BCUT2D eigenvalue weighted by Gasteiger charge is -2.17. The zero-order chi connectivity index (χ0) is 14.1. The minimum Gasteiger partial charge on any atom is -0.465 e. The van der Waals surface area contributed by atoms with E-state index in [4.69, 9.17) is 5.11 Å². The summed E-state index contributed by atoms with van der Waals surface area (Å²) in [5, 5.41) is 20.6. The molecule has 0 spiro atoms. The van der Waals surface area contributed by atoms with Crippen LogP contribution in [0.4, 0.5) is 10.6 Å². The highest BCUT2D eigenvalue weighted by molar-refractivity contribution is 5.88. The Labute approximate surface area is 114 Å². The van der Waals surface area contributed by atoms with Gasteiger partial charge in [0, 0.05) is 19.3 Å². The molecule has 1 saturated heterocycles. The summed E-state index contributed by atoms with van der Waals surface area (Å²) in [6.07, 6.45) is 1.36. The van der Waals surface area contributed by atoms with Crippen molar-refractivity contribution < 1.29 is 9.90 Å². The smallest absolute Gasteiger partial charge is 0.404 e. The molecular formula is C13H13N5O2. The first-order valence-electron chi connectivity index (χ1n) is 6.30. The second-order valence-corrected chi connectivity index (χ2v) is 4.74. The Hall–Kier alpha value is -2.75. The van der Waals surface area contributed by atoms with Gasteiger partial charge in [-0.2, -0.15) is 5.26 Å². The van der Waals surface area contributed by atoms with Gasteiger partial charge in [0.05, 0.1) is 11.6 Å². The van der Waals surface area contributed by atoms with Crippen molar-refractivity contribution >= 4 is 22.9 Å². The van der Waals surface area contributed by atoms with Crippen LogP contribution < -0.4 is 10.2 Å². The van der Waals surface area contributed by atoms with E-state index in [1.165, 1.54) is 0 Å². The van der Waals surface area contributed by atoms with E-state index in [0.717, 1.165) is 17.8 Å². The molecule has 20 heavy (non-hydrogen) atoms. The molecule has 1 aliphatic heterocycles. The van der Waals surface area contributed by atoms with Crippen molar-refractivity contribution in [2.75, 3.05) is 18.0 Å². The van der Waals surface area contributed by atoms with Gasteiger partial charge >= 0.3 is 6.09 Å². The van der Waals surface area contributed by atoms with Gasteiger partial charge in [0.2, 0.25) is 0 Å². The summed E-state index contributed by atoms with van der Waals surface area (Å²) in [6, 6.07) is 5.75. The molecule has 3 rings (SSSR count). The fourth-order valence-electron chi connectivity index (χ4n) is 2.61. The number of carbonyl (C=O) groups is 1. The quantitative estimate of drug-likeness (QED) is 0.763. The van der Waals surface area contributed by atoms with Gasteiger partial charge in [-0.25, -0.2) is 4.79 Å². The lowest BCUT2D eigenvalue weighted by atomic mass is 10.2. The number of hydrogen-bond acceptors (Lipinski definition) is 4. The Bertz CT molecular complexity index is 702. The highest BCUT2D eigenvalue weighted by Crippen LogP contribution is 2.29.